The Labute approximate surface area is 258 Å². The summed E-state index contributed by atoms with van der Waals surface area (Å²) in [6.07, 6.45) is 8.42. The number of hydrogen-bond acceptors (Lipinski definition) is 5. The lowest BCUT2D eigenvalue weighted by atomic mass is 9.79. The monoisotopic (exact) mass is 607 g/mol. The Morgan fingerprint density at radius 3 is 2.47 bits per heavy atom. The fraction of sp³-hybridized carbons (Fsp3) is 0.529. The first kappa shape index (κ1) is 32.5. The van der Waals surface area contributed by atoms with Crippen molar-refractivity contribution in [3.05, 3.63) is 53.0 Å². The van der Waals surface area contributed by atoms with Gasteiger partial charge in [0.05, 0.1) is 15.9 Å². The van der Waals surface area contributed by atoms with Crippen molar-refractivity contribution < 1.29 is 24.3 Å². The Balaban J connectivity index is 1.27. The molecule has 2 amide bonds. The molecule has 232 valence electrons. The summed E-state index contributed by atoms with van der Waals surface area (Å²) in [5, 5.41) is 13.8. The first-order valence-corrected chi connectivity index (χ1v) is 16.6. The summed E-state index contributed by atoms with van der Waals surface area (Å²) in [6, 6.07) is 11.8. The van der Waals surface area contributed by atoms with Gasteiger partial charge in [-0.2, -0.15) is 0 Å². The number of benzene rings is 1. The van der Waals surface area contributed by atoms with Gasteiger partial charge in [0.25, 0.3) is 0 Å². The van der Waals surface area contributed by atoms with Crippen LogP contribution in [0.5, 0.6) is 0 Å². The Bertz CT molecular complexity index is 1400. The van der Waals surface area contributed by atoms with E-state index in [2.05, 4.69) is 5.32 Å². The fourth-order valence-electron chi connectivity index (χ4n) is 6.18. The van der Waals surface area contributed by atoms with Crippen molar-refractivity contribution in [3.8, 4) is 0 Å². The van der Waals surface area contributed by atoms with E-state index in [4.69, 9.17) is 5.11 Å². The summed E-state index contributed by atoms with van der Waals surface area (Å²) in [5.74, 6) is -0.390. The average molecular weight is 608 g/mol. The second-order valence-electron chi connectivity index (χ2n) is 11.8. The zero-order chi connectivity index (χ0) is 30.8. The minimum Gasteiger partial charge on any atom is -0.481 e. The van der Waals surface area contributed by atoms with Gasteiger partial charge in [-0.3, -0.25) is 19.2 Å². The van der Waals surface area contributed by atoms with E-state index < -0.39 is 5.97 Å². The summed E-state index contributed by atoms with van der Waals surface area (Å²) in [7, 11) is 0. The molecule has 0 unspecified atom stereocenters. The van der Waals surface area contributed by atoms with E-state index in [9.17, 15) is 19.2 Å². The Kier molecular flexibility index (Phi) is 12.0. The van der Waals surface area contributed by atoms with E-state index in [1.54, 1.807) is 16.2 Å². The molecule has 1 aliphatic rings. The highest BCUT2D eigenvalue weighted by atomic mass is 32.1. The number of anilines is 1. The number of Topliss-reactive ketones (excluding diaryl/α,β-unsaturated/α-hetero) is 1. The zero-order valence-corrected chi connectivity index (χ0v) is 26.3. The van der Waals surface area contributed by atoms with Crippen LogP contribution in [0.1, 0.15) is 93.6 Å². The number of fused-ring (bicyclic) bond motifs is 1. The van der Waals surface area contributed by atoms with Gasteiger partial charge in [-0.1, -0.05) is 31.4 Å². The summed E-state index contributed by atoms with van der Waals surface area (Å²) in [6.45, 7) is 5.29. The minimum absolute atomic E-state index is 0.00427. The maximum atomic E-state index is 13.6. The van der Waals surface area contributed by atoms with Crippen LogP contribution in [0.4, 0.5) is 5.69 Å². The number of carbonyl (C=O) groups is 4. The van der Waals surface area contributed by atoms with Gasteiger partial charge < -0.3 is 19.9 Å². The van der Waals surface area contributed by atoms with Crippen molar-refractivity contribution in [2.45, 2.75) is 91.0 Å². The minimum atomic E-state index is -0.745. The van der Waals surface area contributed by atoms with Crippen LogP contribution in [0, 0.1) is 18.8 Å². The van der Waals surface area contributed by atoms with E-state index in [-0.39, 0.29) is 42.4 Å². The van der Waals surface area contributed by atoms with Gasteiger partial charge in [0.2, 0.25) is 11.8 Å². The standard InChI is InChI=1S/C34H45N3O5S/c1-3-36(27-11-9-10-24(2)20-27)32(39)23-37-28-17-19-43-31(28)22-29(37)30(38)21-25-13-15-26(16-14-25)34(42)35-18-8-6-4-5-7-12-33(40)41/h9-11,17,19-20,22,25-26H,3-8,12-16,18,21,23H2,1-2H3,(H,35,42)(H,40,41). The zero-order valence-electron chi connectivity index (χ0n) is 25.5. The molecule has 0 aliphatic heterocycles. The molecule has 9 heteroatoms. The summed E-state index contributed by atoms with van der Waals surface area (Å²) in [4.78, 5) is 52.1. The molecule has 0 spiro atoms. The second-order valence-corrected chi connectivity index (χ2v) is 12.8. The molecule has 1 aliphatic carbocycles. The van der Waals surface area contributed by atoms with Crippen molar-refractivity contribution in [2.75, 3.05) is 18.0 Å². The third-order valence-corrected chi connectivity index (χ3v) is 9.44. The number of nitrogens with zero attached hydrogens (tertiary/aromatic N) is 2. The van der Waals surface area contributed by atoms with Gasteiger partial charge >= 0.3 is 5.97 Å². The first-order valence-electron chi connectivity index (χ1n) is 15.7. The number of aryl methyl sites for hydroxylation is 1. The van der Waals surface area contributed by atoms with Crippen LogP contribution in [0.2, 0.25) is 0 Å². The number of rotatable bonds is 16. The quantitative estimate of drug-likeness (QED) is 0.135. The highest BCUT2D eigenvalue weighted by Crippen LogP contribution is 2.33. The predicted molar refractivity (Wildman–Crippen MR) is 172 cm³/mol. The number of likely N-dealkylation sites (N-methyl/N-ethyl adjacent to an activating group) is 1. The molecule has 2 N–H and O–H groups in total. The Morgan fingerprint density at radius 1 is 1.00 bits per heavy atom. The van der Waals surface area contributed by atoms with Gasteiger partial charge in [-0.25, -0.2) is 0 Å². The number of aliphatic carboxylic acids is 1. The molecule has 3 aromatic rings. The first-order chi connectivity index (χ1) is 20.8. The van der Waals surface area contributed by atoms with Crippen LogP contribution in [0.15, 0.2) is 41.8 Å². The third-order valence-electron chi connectivity index (χ3n) is 8.59. The molecule has 2 aromatic heterocycles. The normalized spacial score (nSPS) is 16.7. The van der Waals surface area contributed by atoms with Crippen molar-refractivity contribution >= 4 is 50.8 Å². The highest BCUT2D eigenvalue weighted by molar-refractivity contribution is 7.17. The van der Waals surface area contributed by atoms with Gasteiger partial charge in [-0.15, -0.1) is 11.3 Å². The van der Waals surface area contributed by atoms with Crippen molar-refractivity contribution in [2.24, 2.45) is 11.8 Å². The number of ketones is 1. The number of aromatic nitrogens is 1. The molecule has 0 saturated heterocycles. The van der Waals surface area contributed by atoms with E-state index >= 15 is 0 Å². The van der Waals surface area contributed by atoms with Gasteiger partial charge in [-0.05, 0) is 93.5 Å². The number of thiophene rings is 1. The number of amides is 2. The number of carboxylic acid groups (broad SMARTS) is 1. The Hall–Kier alpha value is -3.46. The lowest BCUT2D eigenvalue weighted by Gasteiger charge is -2.27. The lowest BCUT2D eigenvalue weighted by molar-refractivity contribution is -0.137. The van der Waals surface area contributed by atoms with Crippen LogP contribution < -0.4 is 10.2 Å². The highest BCUT2D eigenvalue weighted by Gasteiger charge is 2.29. The molecule has 1 aromatic carbocycles. The molecule has 1 fully saturated rings. The van der Waals surface area contributed by atoms with E-state index in [0.29, 0.717) is 31.6 Å². The molecule has 43 heavy (non-hydrogen) atoms. The van der Waals surface area contributed by atoms with Crippen molar-refractivity contribution in [3.63, 3.8) is 0 Å². The lowest BCUT2D eigenvalue weighted by Crippen LogP contribution is -2.35. The van der Waals surface area contributed by atoms with E-state index in [1.807, 2.05) is 60.2 Å². The summed E-state index contributed by atoms with van der Waals surface area (Å²) < 4.78 is 2.90. The molecule has 8 nitrogen and oxygen atoms in total. The van der Waals surface area contributed by atoms with Gasteiger partial charge in [0, 0.05) is 37.5 Å². The van der Waals surface area contributed by atoms with E-state index in [1.165, 1.54) is 0 Å². The molecular weight excluding hydrogens is 562 g/mol. The summed E-state index contributed by atoms with van der Waals surface area (Å²) >= 11 is 1.58. The number of nitrogens with one attached hydrogen (secondary N) is 1. The number of carboxylic acids is 1. The van der Waals surface area contributed by atoms with Crippen LogP contribution in [0.25, 0.3) is 10.2 Å². The second kappa shape index (κ2) is 15.8. The predicted octanol–water partition coefficient (Wildman–Crippen LogP) is 6.98. The fourth-order valence-corrected chi connectivity index (χ4v) is 7.00. The van der Waals surface area contributed by atoms with Crippen LogP contribution >= 0.6 is 11.3 Å². The largest absolute Gasteiger partial charge is 0.481 e. The summed E-state index contributed by atoms with van der Waals surface area (Å²) in [5.41, 5.74) is 3.47. The van der Waals surface area contributed by atoms with Crippen molar-refractivity contribution in [1.82, 2.24) is 9.88 Å². The molecular formula is C34H45N3O5S. The maximum absolute atomic E-state index is 13.6. The van der Waals surface area contributed by atoms with Crippen LogP contribution in [0.3, 0.4) is 0 Å². The molecule has 0 atom stereocenters. The van der Waals surface area contributed by atoms with Crippen LogP contribution in [-0.2, 0) is 20.9 Å². The molecule has 1 saturated carbocycles. The molecule has 2 heterocycles. The smallest absolute Gasteiger partial charge is 0.303 e. The van der Waals surface area contributed by atoms with Crippen LogP contribution in [-0.4, -0.2) is 46.3 Å². The number of hydrogen-bond donors (Lipinski definition) is 2. The maximum Gasteiger partial charge on any atom is 0.303 e. The molecule has 0 radical (unpaired) electrons. The molecule has 4 rings (SSSR count). The van der Waals surface area contributed by atoms with Gasteiger partial charge in [0.1, 0.15) is 6.54 Å². The average Bonchev–Trinajstić information content (AvgIpc) is 3.58. The van der Waals surface area contributed by atoms with Crippen molar-refractivity contribution in [1.29, 1.82) is 0 Å². The van der Waals surface area contributed by atoms with E-state index in [0.717, 1.165) is 72.8 Å². The number of carbonyl (C=O) groups excluding carboxylic acids is 3. The topological polar surface area (TPSA) is 109 Å². The molecule has 0 bridgehead atoms. The van der Waals surface area contributed by atoms with Gasteiger partial charge in [0.15, 0.2) is 5.78 Å². The number of unbranched alkanes of at least 4 members (excludes halogenated alkanes) is 4. The SMILES string of the molecule is CCN(C(=O)Cn1c(C(=O)CC2CCC(C(=O)NCCCCCCCC(=O)O)CC2)cc2sccc21)c1cccc(C)c1. The Morgan fingerprint density at radius 2 is 1.74 bits per heavy atom. The third kappa shape index (κ3) is 9.02.